The average Bonchev–Trinajstić information content (AvgIpc) is 3.22. The first-order chi connectivity index (χ1) is 12.5. The fraction of sp³-hybridized carbons (Fsp3) is 0.471. The zero-order chi connectivity index (χ0) is 18.4. The number of aliphatic imine (C=N–C) groups is 1. The number of benzene rings is 1. The van der Waals surface area contributed by atoms with Gasteiger partial charge in [0.2, 0.25) is 0 Å². The highest BCUT2D eigenvalue weighted by molar-refractivity contribution is 7.91. The van der Waals surface area contributed by atoms with Crippen molar-refractivity contribution < 1.29 is 8.42 Å². The van der Waals surface area contributed by atoms with Crippen LogP contribution in [-0.2, 0) is 22.9 Å². The first kappa shape index (κ1) is 18.4. The van der Waals surface area contributed by atoms with E-state index in [-0.39, 0.29) is 17.5 Å². The van der Waals surface area contributed by atoms with Gasteiger partial charge in [-0.2, -0.15) is 5.10 Å². The van der Waals surface area contributed by atoms with E-state index >= 15 is 0 Å². The molecule has 1 unspecified atom stereocenters. The molecule has 2 aromatic rings. The first-order valence-corrected chi connectivity index (χ1v) is 10.5. The monoisotopic (exact) mass is 376 g/mol. The second-order valence-corrected chi connectivity index (χ2v) is 8.58. The van der Waals surface area contributed by atoms with E-state index < -0.39 is 9.84 Å². The van der Waals surface area contributed by atoms with Gasteiger partial charge in [-0.15, -0.1) is 0 Å². The van der Waals surface area contributed by atoms with Crippen LogP contribution in [0.5, 0.6) is 0 Å². The van der Waals surface area contributed by atoms with Crippen molar-refractivity contribution in [3.05, 3.63) is 48.0 Å². The Balaban J connectivity index is 1.63. The summed E-state index contributed by atoms with van der Waals surface area (Å²) in [6.07, 6.45) is 3.83. The second-order valence-electron chi connectivity index (χ2n) is 6.35. The van der Waals surface area contributed by atoms with Crippen LogP contribution >= 0.6 is 0 Å². The highest BCUT2D eigenvalue weighted by Gasteiger charge is 2.28. The molecular weight excluding hydrogens is 352 g/mol. The van der Waals surface area contributed by atoms with Crippen LogP contribution in [0.2, 0.25) is 0 Å². The van der Waals surface area contributed by atoms with Crippen LogP contribution in [0.4, 0.5) is 0 Å². The molecule has 0 aliphatic carbocycles. The third-order valence-corrected chi connectivity index (χ3v) is 5.91. The number of nitrogens with one attached hydrogen (secondary N) is 2. The largest absolute Gasteiger partial charge is 0.357 e. The molecule has 140 valence electrons. The summed E-state index contributed by atoms with van der Waals surface area (Å²) in [5.41, 5.74) is 2.21. The predicted molar refractivity (Wildman–Crippen MR) is 101 cm³/mol. The van der Waals surface area contributed by atoms with Gasteiger partial charge in [0, 0.05) is 12.6 Å². The molecule has 1 aliphatic rings. The molecule has 8 nitrogen and oxygen atoms in total. The van der Waals surface area contributed by atoms with E-state index in [2.05, 4.69) is 31.8 Å². The van der Waals surface area contributed by atoms with Crippen LogP contribution < -0.4 is 10.6 Å². The van der Waals surface area contributed by atoms with Gasteiger partial charge >= 0.3 is 0 Å². The van der Waals surface area contributed by atoms with Crippen LogP contribution in [-0.4, -0.2) is 53.2 Å². The van der Waals surface area contributed by atoms with Crippen LogP contribution in [0.3, 0.4) is 0 Å². The lowest BCUT2D eigenvalue weighted by molar-refractivity contribution is 0.599. The Morgan fingerprint density at radius 3 is 2.92 bits per heavy atom. The van der Waals surface area contributed by atoms with Crippen molar-refractivity contribution in [1.82, 2.24) is 25.4 Å². The number of guanidine groups is 1. The van der Waals surface area contributed by atoms with Crippen molar-refractivity contribution in [3.63, 3.8) is 0 Å². The number of hydrogen-bond acceptors (Lipinski definition) is 5. The zero-order valence-corrected chi connectivity index (χ0v) is 15.6. The smallest absolute Gasteiger partial charge is 0.191 e. The normalized spacial score (nSPS) is 19.4. The summed E-state index contributed by atoms with van der Waals surface area (Å²) in [6.45, 7) is 3.88. The third-order valence-electron chi connectivity index (χ3n) is 4.14. The summed E-state index contributed by atoms with van der Waals surface area (Å²) in [5, 5.41) is 10.5. The SMILES string of the molecule is CCNC(=NCc1cccc(Cn2cncn2)c1)NC1CCS(=O)(=O)C1. The first-order valence-electron chi connectivity index (χ1n) is 8.69. The Kier molecular flexibility index (Phi) is 5.87. The minimum atomic E-state index is -2.91. The fourth-order valence-corrected chi connectivity index (χ4v) is 4.59. The molecule has 1 atom stereocenters. The average molecular weight is 376 g/mol. The Labute approximate surface area is 153 Å². The maximum Gasteiger partial charge on any atom is 0.191 e. The lowest BCUT2D eigenvalue weighted by atomic mass is 10.1. The minimum absolute atomic E-state index is 0.0727. The topological polar surface area (TPSA) is 101 Å². The molecule has 0 bridgehead atoms. The number of sulfone groups is 1. The fourth-order valence-electron chi connectivity index (χ4n) is 2.92. The maximum absolute atomic E-state index is 11.6. The Morgan fingerprint density at radius 1 is 1.38 bits per heavy atom. The Hall–Kier alpha value is -2.42. The van der Waals surface area contributed by atoms with Gasteiger partial charge in [-0.05, 0) is 24.5 Å². The van der Waals surface area contributed by atoms with Crippen molar-refractivity contribution in [2.75, 3.05) is 18.1 Å². The van der Waals surface area contributed by atoms with E-state index in [1.54, 1.807) is 11.0 Å². The number of hydrogen-bond donors (Lipinski definition) is 2. The molecule has 1 aliphatic heterocycles. The lowest BCUT2D eigenvalue weighted by Crippen LogP contribution is -2.44. The van der Waals surface area contributed by atoms with E-state index in [1.807, 2.05) is 25.1 Å². The van der Waals surface area contributed by atoms with E-state index in [0.29, 0.717) is 25.5 Å². The van der Waals surface area contributed by atoms with Gasteiger partial charge in [-0.1, -0.05) is 24.3 Å². The zero-order valence-electron chi connectivity index (χ0n) is 14.8. The lowest BCUT2D eigenvalue weighted by Gasteiger charge is -2.15. The summed E-state index contributed by atoms with van der Waals surface area (Å²) >= 11 is 0. The number of aromatic nitrogens is 3. The van der Waals surface area contributed by atoms with Crippen molar-refractivity contribution >= 4 is 15.8 Å². The van der Waals surface area contributed by atoms with Crippen LogP contribution in [0.25, 0.3) is 0 Å². The summed E-state index contributed by atoms with van der Waals surface area (Å²) in [7, 11) is -2.91. The molecule has 1 saturated heterocycles. The highest BCUT2D eigenvalue weighted by Crippen LogP contribution is 2.11. The molecular formula is C17H24N6O2S. The van der Waals surface area contributed by atoms with Gasteiger partial charge in [-0.25, -0.2) is 23.1 Å². The van der Waals surface area contributed by atoms with Crippen molar-refractivity contribution in [3.8, 4) is 0 Å². The van der Waals surface area contributed by atoms with Gasteiger partial charge in [0.15, 0.2) is 15.8 Å². The van der Waals surface area contributed by atoms with Gasteiger partial charge < -0.3 is 10.6 Å². The van der Waals surface area contributed by atoms with Crippen molar-refractivity contribution in [1.29, 1.82) is 0 Å². The molecule has 2 heterocycles. The molecule has 9 heteroatoms. The van der Waals surface area contributed by atoms with E-state index in [1.165, 1.54) is 6.33 Å². The Bertz CT molecular complexity index is 848. The molecule has 1 aromatic heterocycles. The second kappa shape index (κ2) is 8.31. The maximum atomic E-state index is 11.6. The highest BCUT2D eigenvalue weighted by atomic mass is 32.2. The molecule has 1 fully saturated rings. The summed E-state index contributed by atoms with van der Waals surface area (Å²) < 4.78 is 25.0. The molecule has 0 saturated carbocycles. The number of rotatable bonds is 6. The summed E-state index contributed by atoms with van der Waals surface area (Å²) in [4.78, 5) is 8.55. The minimum Gasteiger partial charge on any atom is -0.357 e. The van der Waals surface area contributed by atoms with Crippen LogP contribution in [0.1, 0.15) is 24.5 Å². The van der Waals surface area contributed by atoms with Crippen molar-refractivity contribution in [2.45, 2.75) is 32.5 Å². The summed E-state index contributed by atoms with van der Waals surface area (Å²) in [5.74, 6) is 1.07. The van der Waals surface area contributed by atoms with Gasteiger partial charge in [0.25, 0.3) is 0 Å². The van der Waals surface area contributed by atoms with Crippen LogP contribution in [0, 0.1) is 0 Å². The molecule has 3 rings (SSSR count). The third kappa shape index (κ3) is 5.29. The van der Waals surface area contributed by atoms with Gasteiger partial charge in [0.05, 0.1) is 24.6 Å². The van der Waals surface area contributed by atoms with Gasteiger partial charge in [-0.3, -0.25) is 0 Å². The van der Waals surface area contributed by atoms with Gasteiger partial charge in [0.1, 0.15) is 12.7 Å². The van der Waals surface area contributed by atoms with E-state index in [4.69, 9.17) is 0 Å². The molecule has 0 radical (unpaired) electrons. The molecule has 0 spiro atoms. The summed E-state index contributed by atoms with van der Waals surface area (Å²) in [6, 6.07) is 8.09. The molecule has 2 N–H and O–H groups in total. The van der Waals surface area contributed by atoms with Crippen LogP contribution in [0.15, 0.2) is 41.9 Å². The Morgan fingerprint density at radius 2 is 2.23 bits per heavy atom. The standard InChI is InChI=1S/C17H24N6O2S/c1-2-19-17(22-16-6-7-26(24,25)11-16)20-9-14-4-3-5-15(8-14)10-23-13-18-12-21-23/h3-5,8,12-13,16H,2,6-7,9-11H2,1H3,(H2,19,20,22). The predicted octanol–water partition coefficient (Wildman–Crippen LogP) is 0.569. The van der Waals surface area contributed by atoms with Crippen molar-refractivity contribution in [2.24, 2.45) is 4.99 Å². The van der Waals surface area contributed by atoms with E-state index in [0.717, 1.165) is 17.7 Å². The number of nitrogens with zero attached hydrogens (tertiary/aromatic N) is 4. The molecule has 1 aromatic carbocycles. The molecule has 26 heavy (non-hydrogen) atoms. The molecule has 0 amide bonds. The quantitative estimate of drug-likeness (QED) is 0.565. The van der Waals surface area contributed by atoms with E-state index in [9.17, 15) is 8.42 Å².